The van der Waals surface area contributed by atoms with Crippen molar-refractivity contribution in [1.29, 1.82) is 0 Å². The number of carbonyl (C=O) groups excluding carboxylic acids is 1. The van der Waals surface area contributed by atoms with Gasteiger partial charge in [0.2, 0.25) is 5.91 Å². The number of hydrogen-bond donors (Lipinski definition) is 1. The second-order valence-electron chi connectivity index (χ2n) is 3.90. The van der Waals surface area contributed by atoms with Crippen LogP contribution in [0.3, 0.4) is 0 Å². The van der Waals surface area contributed by atoms with E-state index in [0.717, 1.165) is 0 Å². The molecule has 1 aliphatic heterocycles. The zero-order valence-electron chi connectivity index (χ0n) is 9.26. The van der Waals surface area contributed by atoms with Crippen molar-refractivity contribution >= 4 is 33.5 Å². The maximum atomic E-state index is 11.8. The molecule has 6 heteroatoms. The van der Waals surface area contributed by atoms with Crippen molar-refractivity contribution < 1.29 is 14.7 Å². The second-order valence-corrected chi connectivity index (χ2v) is 4.81. The van der Waals surface area contributed by atoms with Gasteiger partial charge in [-0.1, -0.05) is 0 Å². The fourth-order valence-corrected chi connectivity index (χ4v) is 2.17. The summed E-state index contributed by atoms with van der Waals surface area (Å²) >= 11 is 3.21. The fraction of sp³-hybridized carbons (Fsp3) is 0.250. The zero-order valence-corrected chi connectivity index (χ0v) is 10.8. The SMILES string of the molecule is C#CC1CC(=O)N(c2cc(Br)cnc2C(=O)O)C1. The van der Waals surface area contributed by atoms with E-state index in [1.807, 2.05) is 0 Å². The molecular formula is C12H9BrN2O3. The van der Waals surface area contributed by atoms with Gasteiger partial charge in [0, 0.05) is 29.6 Å². The van der Waals surface area contributed by atoms with Crippen molar-refractivity contribution in [2.75, 3.05) is 11.4 Å². The number of halogens is 1. The van der Waals surface area contributed by atoms with Gasteiger partial charge in [-0.05, 0) is 22.0 Å². The van der Waals surface area contributed by atoms with Crippen molar-refractivity contribution in [2.24, 2.45) is 5.92 Å². The Morgan fingerprint density at radius 3 is 2.94 bits per heavy atom. The van der Waals surface area contributed by atoms with E-state index >= 15 is 0 Å². The average molecular weight is 309 g/mol. The smallest absolute Gasteiger partial charge is 0.356 e. The molecule has 1 amide bonds. The Morgan fingerprint density at radius 1 is 1.67 bits per heavy atom. The lowest BCUT2D eigenvalue weighted by molar-refractivity contribution is -0.117. The molecule has 1 aliphatic rings. The van der Waals surface area contributed by atoms with Gasteiger partial charge in [-0.25, -0.2) is 9.78 Å². The summed E-state index contributed by atoms with van der Waals surface area (Å²) in [4.78, 5) is 28.1. The molecule has 1 saturated heterocycles. The molecule has 1 atom stereocenters. The van der Waals surface area contributed by atoms with E-state index in [-0.39, 0.29) is 29.6 Å². The first kappa shape index (κ1) is 12.6. The van der Waals surface area contributed by atoms with Crippen LogP contribution in [-0.2, 0) is 4.79 Å². The molecule has 0 aliphatic carbocycles. The fourth-order valence-electron chi connectivity index (χ4n) is 1.85. The normalized spacial score (nSPS) is 18.8. The molecule has 5 nitrogen and oxygen atoms in total. The monoisotopic (exact) mass is 308 g/mol. The van der Waals surface area contributed by atoms with Gasteiger partial charge in [-0.15, -0.1) is 12.3 Å². The summed E-state index contributed by atoms with van der Waals surface area (Å²) in [6.45, 7) is 0.327. The van der Waals surface area contributed by atoms with Crippen LogP contribution < -0.4 is 4.90 Å². The minimum absolute atomic E-state index is 0.149. The Labute approximate surface area is 112 Å². The highest BCUT2D eigenvalue weighted by molar-refractivity contribution is 9.10. The van der Waals surface area contributed by atoms with E-state index in [1.165, 1.54) is 11.1 Å². The number of anilines is 1. The molecule has 0 saturated carbocycles. The molecule has 2 heterocycles. The van der Waals surface area contributed by atoms with Gasteiger partial charge < -0.3 is 10.0 Å². The number of rotatable bonds is 2. The van der Waals surface area contributed by atoms with Crippen molar-refractivity contribution in [3.63, 3.8) is 0 Å². The van der Waals surface area contributed by atoms with Gasteiger partial charge in [0.1, 0.15) is 0 Å². The van der Waals surface area contributed by atoms with Crippen LogP contribution in [0.15, 0.2) is 16.7 Å². The van der Waals surface area contributed by atoms with Crippen molar-refractivity contribution in [3.05, 3.63) is 22.4 Å². The lowest BCUT2D eigenvalue weighted by atomic mass is 10.1. The summed E-state index contributed by atoms with van der Waals surface area (Å²) in [5, 5.41) is 9.07. The van der Waals surface area contributed by atoms with Crippen LogP contribution in [0.5, 0.6) is 0 Å². The highest BCUT2D eigenvalue weighted by Gasteiger charge is 2.32. The lowest BCUT2D eigenvalue weighted by Gasteiger charge is -2.17. The number of carbonyl (C=O) groups is 2. The quantitative estimate of drug-likeness (QED) is 0.841. The molecule has 1 N–H and O–H groups in total. The summed E-state index contributed by atoms with van der Waals surface area (Å²) in [6, 6.07) is 1.56. The van der Waals surface area contributed by atoms with Crippen LogP contribution in [0.4, 0.5) is 5.69 Å². The molecule has 0 spiro atoms. The number of carboxylic acid groups (broad SMARTS) is 1. The number of carboxylic acids is 1. The second kappa shape index (κ2) is 4.78. The summed E-state index contributed by atoms with van der Waals surface area (Å²) < 4.78 is 0.611. The summed E-state index contributed by atoms with van der Waals surface area (Å²) in [7, 11) is 0. The molecule has 1 aromatic rings. The van der Waals surface area contributed by atoms with Crippen LogP contribution in [-0.4, -0.2) is 28.5 Å². The Morgan fingerprint density at radius 2 is 2.39 bits per heavy atom. The Hall–Kier alpha value is -1.87. The van der Waals surface area contributed by atoms with Crippen molar-refractivity contribution in [2.45, 2.75) is 6.42 Å². The van der Waals surface area contributed by atoms with Crippen molar-refractivity contribution in [1.82, 2.24) is 4.98 Å². The number of aromatic nitrogens is 1. The first-order chi connectivity index (χ1) is 8.52. The summed E-state index contributed by atoms with van der Waals surface area (Å²) in [6.07, 6.45) is 6.91. The number of nitrogens with zero attached hydrogens (tertiary/aromatic N) is 2. The number of hydrogen-bond acceptors (Lipinski definition) is 3. The molecule has 2 rings (SSSR count). The van der Waals surface area contributed by atoms with Gasteiger partial charge >= 0.3 is 5.97 Å². The van der Waals surface area contributed by atoms with Crippen molar-refractivity contribution in [3.8, 4) is 12.3 Å². The number of aromatic carboxylic acids is 1. The molecule has 0 bridgehead atoms. The Bertz CT molecular complexity index is 565. The van der Waals surface area contributed by atoms with Gasteiger partial charge in [-0.2, -0.15) is 0 Å². The third-order valence-corrected chi connectivity index (χ3v) is 3.12. The van der Waals surface area contributed by atoms with Gasteiger partial charge in [0.15, 0.2) is 5.69 Å². The molecule has 1 fully saturated rings. The molecule has 1 unspecified atom stereocenters. The average Bonchev–Trinajstić information content (AvgIpc) is 2.70. The third kappa shape index (κ3) is 2.22. The standard InChI is InChI=1S/C12H9BrN2O3/c1-2-7-3-10(16)15(6-7)9-4-8(13)5-14-11(9)12(17)18/h1,4-5,7H,3,6H2,(H,17,18). The zero-order chi connectivity index (χ0) is 13.3. The molecular weight excluding hydrogens is 300 g/mol. The topological polar surface area (TPSA) is 70.5 Å². The molecule has 0 radical (unpaired) electrons. The van der Waals surface area contributed by atoms with Crippen LogP contribution in [0.25, 0.3) is 0 Å². The van der Waals surface area contributed by atoms with E-state index in [2.05, 4.69) is 26.8 Å². The van der Waals surface area contributed by atoms with E-state index in [1.54, 1.807) is 6.07 Å². The van der Waals surface area contributed by atoms with Crippen LogP contribution in [0.2, 0.25) is 0 Å². The first-order valence-corrected chi connectivity index (χ1v) is 5.97. The Balaban J connectivity index is 2.45. The predicted octanol–water partition coefficient (Wildman–Crippen LogP) is 1.53. The minimum atomic E-state index is -1.17. The Kier molecular flexibility index (Phi) is 3.34. The maximum absolute atomic E-state index is 11.8. The number of terminal acetylenes is 1. The van der Waals surface area contributed by atoms with Crippen LogP contribution in [0.1, 0.15) is 16.9 Å². The third-order valence-electron chi connectivity index (χ3n) is 2.69. The van der Waals surface area contributed by atoms with Crippen LogP contribution >= 0.6 is 15.9 Å². The largest absolute Gasteiger partial charge is 0.476 e. The molecule has 0 aromatic carbocycles. The van der Waals surface area contributed by atoms with E-state index in [9.17, 15) is 9.59 Å². The van der Waals surface area contributed by atoms with Crippen LogP contribution in [0, 0.1) is 18.3 Å². The maximum Gasteiger partial charge on any atom is 0.356 e. The van der Waals surface area contributed by atoms with Gasteiger partial charge in [0.25, 0.3) is 0 Å². The predicted molar refractivity (Wildman–Crippen MR) is 68.2 cm³/mol. The summed E-state index contributed by atoms with van der Waals surface area (Å²) in [5.41, 5.74) is 0.129. The lowest BCUT2D eigenvalue weighted by Crippen LogP contribution is -2.27. The number of amides is 1. The summed E-state index contributed by atoms with van der Waals surface area (Å²) in [5.74, 6) is 0.981. The van der Waals surface area contributed by atoms with Gasteiger partial charge in [-0.3, -0.25) is 4.79 Å². The highest BCUT2D eigenvalue weighted by atomic mass is 79.9. The molecule has 1 aromatic heterocycles. The van der Waals surface area contributed by atoms with E-state index in [4.69, 9.17) is 11.5 Å². The van der Waals surface area contributed by atoms with E-state index in [0.29, 0.717) is 11.0 Å². The molecule has 92 valence electrons. The molecule has 18 heavy (non-hydrogen) atoms. The highest BCUT2D eigenvalue weighted by Crippen LogP contribution is 2.29. The number of pyridine rings is 1. The van der Waals surface area contributed by atoms with Gasteiger partial charge in [0.05, 0.1) is 5.69 Å². The first-order valence-electron chi connectivity index (χ1n) is 5.18. The van der Waals surface area contributed by atoms with E-state index < -0.39 is 5.97 Å². The minimum Gasteiger partial charge on any atom is -0.476 e.